The van der Waals surface area contributed by atoms with E-state index in [1.54, 1.807) is 42.5 Å². The monoisotopic (exact) mass is 425 g/mol. The lowest BCUT2D eigenvalue weighted by Gasteiger charge is -2.25. The lowest BCUT2D eigenvalue weighted by Crippen LogP contribution is -2.31. The molecule has 1 heterocycles. The van der Waals surface area contributed by atoms with Crippen molar-refractivity contribution in [1.29, 1.82) is 0 Å². The number of carbonyl (C=O) groups is 3. The average molecular weight is 425 g/mol. The molecule has 1 fully saturated rings. The van der Waals surface area contributed by atoms with Gasteiger partial charge in [-0.3, -0.25) is 14.4 Å². The molecule has 1 saturated heterocycles. The summed E-state index contributed by atoms with van der Waals surface area (Å²) in [7, 11) is 2.93. The Kier molecular flexibility index (Phi) is 6.29. The Balaban J connectivity index is 2.19. The third-order valence-corrected chi connectivity index (χ3v) is 5.15. The number of methoxy groups -OCH3 is 2. The molecule has 8 heteroatoms. The van der Waals surface area contributed by atoms with Crippen LogP contribution in [-0.2, 0) is 14.4 Å². The molecule has 3 rings (SSSR count). The number of hydrogen-bond donors (Lipinski definition) is 2. The summed E-state index contributed by atoms with van der Waals surface area (Å²) in [5.74, 6) is -2.34. The van der Waals surface area contributed by atoms with Gasteiger partial charge in [-0.2, -0.15) is 0 Å². The number of likely N-dealkylation sites (tertiary alicyclic amines) is 1. The van der Waals surface area contributed by atoms with Crippen LogP contribution in [0.3, 0.4) is 0 Å². The smallest absolute Gasteiger partial charge is 0.305 e. The van der Waals surface area contributed by atoms with Gasteiger partial charge in [-0.25, -0.2) is 0 Å². The summed E-state index contributed by atoms with van der Waals surface area (Å²) in [6.45, 7) is 1.70. The van der Waals surface area contributed by atoms with E-state index in [-0.39, 0.29) is 24.3 Å². The van der Waals surface area contributed by atoms with Gasteiger partial charge in [0, 0.05) is 12.1 Å². The molecule has 8 nitrogen and oxygen atoms in total. The number of carbonyl (C=O) groups excluding carboxylic acids is 2. The maximum atomic E-state index is 12.9. The summed E-state index contributed by atoms with van der Waals surface area (Å²) >= 11 is 0. The Labute approximate surface area is 179 Å². The molecule has 1 unspecified atom stereocenters. The molecule has 31 heavy (non-hydrogen) atoms. The van der Waals surface area contributed by atoms with Crippen LogP contribution in [-0.4, -0.2) is 53.5 Å². The first kappa shape index (κ1) is 21.9. The van der Waals surface area contributed by atoms with Gasteiger partial charge in [0.15, 0.2) is 11.5 Å². The topological polar surface area (TPSA) is 113 Å². The molecule has 1 aliphatic rings. The number of rotatable bonds is 7. The van der Waals surface area contributed by atoms with Gasteiger partial charge in [-0.1, -0.05) is 35.9 Å². The van der Waals surface area contributed by atoms with Crippen LogP contribution >= 0.6 is 0 Å². The van der Waals surface area contributed by atoms with Crippen LogP contribution in [0.5, 0.6) is 11.5 Å². The minimum absolute atomic E-state index is 0.105. The third kappa shape index (κ3) is 4.23. The van der Waals surface area contributed by atoms with Gasteiger partial charge < -0.3 is 24.6 Å². The zero-order valence-electron chi connectivity index (χ0n) is 17.4. The average Bonchev–Trinajstić information content (AvgIpc) is 3.01. The number of nitrogens with zero attached hydrogens (tertiary/aromatic N) is 1. The molecule has 2 aromatic carbocycles. The maximum absolute atomic E-state index is 12.9. The zero-order valence-corrected chi connectivity index (χ0v) is 17.4. The summed E-state index contributed by atoms with van der Waals surface area (Å²) < 4.78 is 10.6. The minimum Gasteiger partial charge on any atom is -0.507 e. The predicted octanol–water partition coefficient (Wildman–Crippen LogP) is 2.91. The van der Waals surface area contributed by atoms with Gasteiger partial charge in [0.1, 0.15) is 5.76 Å². The summed E-state index contributed by atoms with van der Waals surface area (Å²) in [6.07, 6.45) is -0.346. The van der Waals surface area contributed by atoms with Gasteiger partial charge in [-0.15, -0.1) is 0 Å². The lowest BCUT2D eigenvalue weighted by atomic mass is 9.94. The molecular formula is C23H23NO7. The largest absolute Gasteiger partial charge is 0.507 e. The number of hydrogen-bond acceptors (Lipinski definition) is 6. The van der Waals surface area contributed by atoms with Crippen molar-refractivity contribution in [3.05, 3.63) is 64.7 Å². The fourth-order valence-electron chi connectivity index (χ4n) is 3.56. The van der Waals surface area contributed by atoms with E-state index in [1.165, 1.54) is 14.2 Å². The number of aliphatic carboxylic acids is 1. The predicted molar refractivity (Wildman–Crippen MR) is 112 cm³/mol. The van der Waals surface area contributed by atoms with E-state index in [0.717, 1.165) is 10.5 Å². The van der Waals surface area contributed by atoms with Crippen molar-refractivity contribution in [2.24, 2.45) is 0 Å². The molecule has 1 amide bonds. The quantitative estimate of drug-likeness (QED) is 0.398. The van der Waals surface area contributed by atoms with Gasteiger partial charge in [0.05, 0.1) is 32.3 Å². The maximum Gasteiger partial charge on any atom is 0.305 e. The van der Waals surface area contributed by atoms with Gasteiger partial charge in [0.2, 0.25) is 0 Å². The first-order chi connectivity index (χ1) is 14.8. The first-order valence-electron chi connectivity index (χ1n) is 9.57. The molecular weight excluding hydrogens is 402 g/mol. The number of aliphatic hydroxyl groups is 1. The number of Topliss-reactive ketones (excluding diaryl/α,β-unsaturated/α-hetero) is 1. The Morgan fingerprint density at radius 1 is 1.00 bits per heavy atom. The van der Waals surface area contributed by atoms with Gasteiger partial charge in [0.25, 0.3) is 11.7 Å². The summed E-state index contributed by atoms with van der Waals surface area (Å²) in [5, 5.41) is 20.1. The van der Waals surface area contributed by atoms with Crippen LogP contribution in [0.4, 0.5) is 0 Å². The van der Waals surface area contributed by atoms with Crippen molar-refractivity contribution in [1.82, 2.24) is 4.90 Å². The van der Waals surface area contributed by atoms with E-state index in [0.29, 0.717) is 22.6 Å². The molecule has 0 bridgehead atoms. The molecule has 0 saturated carbocycles. The molecule has 1 aliphatic heterocycles. The fraction of sp³-hybridized carbons (Fsp3) is 0.261. The summed E-state index contributed by atoms with van der Waals surface area (Å²) in [5.41, 5.74) is 1.73. The number of aliphatic hydroxyl groups excluding tert-OH is 1. The highest BCUT2D eigenvalue weighted by Gasteiger charge is 2.46. The molecule has 162 valence electrons. The van der Waals surface area contributed by atoms with Crippen LogP contribution in [0.15, 0.2) is 48.0 Å². The first-order valence-corrected chi connectivity index (χ1v) is 9.57. The standard InChI is InChI=1S/C23H23NO7/c1-13-4-6-14(7-5-13)21(27)19-20(15-8-9-16(30-2)17(12-15)31-3)24(11-10-18(25)26)23(29)22(19)28/h4-9,12,20,27H,10-11H2,1-3H3,(H,25,26)/b21-19+. The highest BCUT2D eigenvalue weighted by Crippen LogP contribution is 2.42. The van der Waals surface area contributed by atoms with Crippen LogP contribution < -0.4 is 9.47 Å². The van der Waals surface area contributed by atoms with Crippen LogP contribution in [0.1, 0.15) is 29.2 Å². The lowest BCUT2D eigenvalue weighted by molar-refractivity contribution is -0.142. The van der Waals surface area contributed by atoms with Crippen LogP contribution in [0.25, 0.3) is 5.76 Å². The van der Waals surface area contributed by atoms with E-state index < -0.39 is 23.7 Å². The molecule has 0 aromatic heterocycles. The summed E-state index contributed by atoms with van der Waals surface area (Å²) in [4.78, 5) is 37.9. The SMILES string of the molecule is COc1ccc(C2/C(=C(\O)c3ccc(C)cc3)C(=O)C(=O)N2CCC(=O)O)cc1OC. The Hall–Kier alpha value is -3.81. The van der Waals surface area contributed by atoms with E-state index >= 15 is 0 Å². The van der Waals surface area contributed by atoms with E-state index in [9.17, 15) is 19.5 Å². The third-order valence-electron chi connectivity index (χ3n) is 5.15. The zero-order chi connectivity index (χ0) is 22.7. The highest BCUT2D eigenvalue weighted by molar-refractivity contribution is 6.46. The van der Waals surface area contributed by atoms with Crippen LogP contribution in [0.2, 0.25) is 0 Å². The van der Waals surface area contributed by atoms with E-state index in [4.69, 9.17) is 14.6 Å². The van der Waals surface area contributed by atoms with Gasteiger partial charge >= 0.3 is 5.97 Å². The molecule has 2 aromatic rings. The number of carboxylic acids is 1. The van der Waals surface area contributed by atoms with Crippen molar-refractivity contribution in [2.75, 3.05) is 20.8 Å². The number of aryl methyl sites for hydroxylation is 1. The van der Waals surface area contributed by atoms with Crippen molar-refractivity contribution in [3.63, 3.8) is 0 Å². The van der Waals surface area contributed by atoms with Crippen molar-refractivity contribution in [3.8, 4) is 11.5 Å². The molecule has 0 spiro atoms. The van der Waals surface area contributed by atoms with Crippen molar-refractivity contribution >= 4 is 23.4 Å². The second kappa shape index (κ2) is 8.91. The van der Waals surface area contributed by atoms with Crippen molar-refractivity contribution < 1.29 is 34.1 Å². The van der Waals surface area contributed by atoms with Crippen LogP contribution in [0, 0.1) is 6.92 Å². The fourth-order valence-corrected chi connectivity index (χ4v) is 3.56. The Morgan fingerprint density at radius 3 is 2.23 bits per heavy atom. The number of ketones is 1. The molecule has 0 aliphatic carbocycles. The molecule has 0 radical (unpaired) electrons. The molecule has 1 atom stereocenters. The highest BCUT2D eigenvalue weighted by atomic mass is 16.5. The van der Waals surface area contributed by atoms with Gasteiger partial charge in [-0.05, 0) is 24.6 Å². The normalized spacial score (nSPS) is 17.6. The van der Waals surface area contributed by atoms with Crippen molar-refractivity contribution in [2.45, 2.75) is 19.4 Å². The second-order valence-electron chi connectivity index (χ2n) is 7.12. The molecule has 2 N–H and O–H groups in total. The number of benzene rings is 2. The minimum atomic E-state index is -1.11. The van der Waals surface area contributed by atoms with E-state index in [2.05, 4.69) is 0 Å². The number of ether oxygens (including phenoxy) is 2. The second-order valence-corrected chi connectivity index (χ2v) is 7.12. The number of carboxylic acid groups (broad SMARTS) is 1. The number of amides is 1. The summed E-state index contributed by atoms with van der Waals surface area (Å²) in [6, 6.07) is 10.8. The Bertz CT molecular complexity index is 1060. The van der Waals surface area contributed by atoms with E-state index in [1.807, 2.05) is 6.92 Å². The Morgan fingerprint density at radius 2 is 1.65 bits per heavy atom.